The first-order valence-corrected chi connectivity index (χ1v) is 9.07. The summed E-state index contributed by atoms with van der Waals surface area (Å²) in [5, 5.41) is 0. The van der Waals surface area contributed by atoms with E-state index in [9.17, 15) is 0 Å². The van der Waals surface area contributed by atoms with Crippen LogP contribution < -0.4 is 0 Å². The van der Waals surface area contributed by atoms with Crippen LogP contribution in [-0.4, -0.2) is 0 Å². The van der Waals surface area contributed by atoms with E-state index in [1.165, 1.54) is 57.8 Å². The molecule has 0 aliphatic rings. The zero-order valence-electron chi connectivity index (χ0n) is 15.2. The Balaban J connectivity index is 3.48. The molecule has 0 saturated carbocycles. The third kappa shape index (κ3) is 12.8. The van der Waals surface area contributed by atoms with Crippen molar-refractivity contribution in [3.05, 3.63) is 11.6 Å². The molecule has 0 bridgehead atoms. The Morgan fingerprint density at radius 2 is 1.20 bits per heavy atom. The number of allylic oxidation sites excluding steroid dienone is 2. The van der Waals surface area contributed by atoms with Gasteiger partial charge in [0.15, 0.2) is 0 Å². The normalized spacial score (nSPS) is 15.7. The second kappa shape index (κ2) is 12.5. The van der Waals surface area contributed by atoms with Crippen LogP contribution in [-0.2, 0) is 0 Å². The lowest BCUT2D eigenvalue weighted by Gasteiger charge is -2.15. The zero-order valence-corrected chi connectivity index (χ0v) is 15.2. The van der Waals surface area contributed by atoms with Crippen LogP contribution in [0.25, 0.3) is 0 Å². The molecule has 0 rings (SSSR count). The van der Waals surface area contributed by atoms with Crippen molar-refractivity contribution in [2.75, 3.05) is 0 Å². The van der Waals surface area contributed by atoms with Crippen LogP contribution in [0, 0.1) is 17.8 Å². The fraction of sp³-hybridized carbons (Fsp3) is 0.900. The van der Waals surface area contributed by atoms with Crippen molar-refractivity contribution in [3.63, 3.8) is 0 Å². The lowest BCUT2D eigenvalue weighted by atomic mass is 9.91. The van der Waals surface area contributed by atoms with E-state index in [4.69, 9.17) is 0 Å². The van der Waals surface area contributed by atoms with E-state index < -0.39 is 0 Å². The van der Waals surface area contributed by atoms with Crippen LogP contribution in [0.1, 0.15) is 99.3 Å². The summed E-state index contributed by atoms with van der Waals surface area (Å²) in [6.45, 7) is 14.0. The van der Waals surface area contributed by atoms with Crippen molar-refractivity contribution in [2.24, 2.45) is 17.8 Å². The number of hydrogen-bond donors (Lipinski definition) is 0. The van der Waals surface area contributed by atoms with Crippen LogP contribution in [0.3, 0.4) is 0 Å². The zero-order chi connectivity index (χ0) is 15.4. The fourth-order valence-electron chi connectivity index (χ4n) is 2.85. The summed E-state index contributed by atoms with van der Waals surface area (Å²) in [6.07, 6.45) is 14.9. The van der Waals surface area contributed by atoms with Crippen LogP contribution in [0.4, 0.5) is 0 Å². The predicted molar refractivity (Wildman–Crippen MR) is 94.2 cm³/mol. The minimum atomic E-state index is 0.878. The molecule has 0 fully saturated rings. The highest BCUT2D eigenvalue weighted by Gasteiger charge is 2.06. The van der Waals surface area contributed by atoms with Crippen LogP contribution in [0.5, 0.6) is 0 Å². The molecule has 0 radical (unpaired) electrons. The predicted octanol–water partition coefficient (Wildman–Crippen LogP) is 7.39. The van der Waals surface area contributed by atoms with Gasteiger partial charge < -0.3 is 0 Å². The summed E-state index contributed by atoms with van der Waals surface area (Å²) in [4.78, 5) is 0. The summed E-state index contributed by atoms with van der Waals surface area (Å²) in [7, 11) is 0. The van der Waals surface area contributed by atoms with Crippen LogP contribution in [0.15, 0.2) is 11.6 Å². The van der Waals surface area contributed by atoms with Gasteiger partial charge in [-0.1, -0.05) is 84.3 Å². The molecule has 0 aromatic rings. The molecule has 2 atom stereocenters. The molecule has 0 aromatic heterocycles. The summed E-state index contributed by atoms with van der Waals surface area (Å²) < 4.78 is 0. The molecule has 0 saturated heterocycles. The van der Waals surface area contributed by atoms with Crippen molar-refractivity contribution in [1.29, 1.82) is 0 Å². The summed E-state index contributed by atoms with van der Waals surface area (Å²) in [5.41, 5.74) is 1.55. The fourth-order valence-corrected chi connectivity index (χ4v) is 2.85. The van der Waals surface area contributed by atoms with Crippen LogP contribution >= 0.6 is 0 Å². The van der Waals surface area contributed by atoms with E-state index in [2.05, 4.69) is 47.6 Å². The van der Waals surface area contributed by atoms with Gasteiger partial charge in [-0.3, -0.25) is 0 Å². The highest BCUT2D eigenvalue weighted by molar-refractivity contribution is 4.94. The van der Waals surface area contributed by atoms with Crippen molar-refractivity contribution in [3.8, 4) is 0 Å². The Morgan fingerprint density at radius 1 is 0.750 bits per heavy atom. The van der Waals surface area contributed by atoms with Crippen molar-refractivity contribution >= 4 is 0 Å². The van der Waals surface area contributed by atoms with Gasteiger partial charge >= 0.3 is 0 Å². The quantitative estimate of drug-likeness (QED) is 0.327. The van der Waals surface area contributed by atoms with E-state index in [-0.39, 0.29) is 0 Å². The second-order valence-electron chi connectivity index (χ2n) is 7.49. The van der Waals surface area contributed by atoms with E-state index in [1.807, 2.05) is 0 Å². The molecule has 2 unspecified atom stereocenters. The van der Waals surface area contributed by atoms with Crippen molar-refractivity contribution < 1.29 is 0 Å². The van der Waals surface area contributed by atoms with Crippen LogP contribution in [0.2, 0.25) is 0 Å². The highest BCUT2D eigenvalue weighted by Crippen LogP contribution is 2.21. The van der Waals surface area contributed by atoms with E-state index in [0.717, 1.165) is 17.8 Å². The Morgan fingerprint density at radius 3 is 1.65 bits per heavy atom. The second-order valence-corrected chi connectivity index (χ2v) is 7.49. The molecule has 0 aromatic carbocycles. The molecular weight excluding hydrogens is 240 g/mol. The third-order valence-electron chi connectivity index (χ3n) is 4.63. The Labute approximate surface area is 129 Å². The summed E-state index contributed by atoms with van der Waals surface area (Å²) in [6, 6.07) is 0. The number of rotatable bonds is 12. The molecule has 0 aliphatic carbocycles. The minimum absolute atomic E-state index is 0.878. The standard InChI is InChI=1S/C20H40/c1-7-18(4)12-9-14-20(6)16-10-15-19(5)13-8-11-17(2)3/h7,17,19-20H,8-16H2,1-6H3/b18-7-. The lowest BCUT2D eigenvalue weighted by Crippen LogP contribution is -2.00. The average Bonchev–Trinajstić information content (AvgIpc) is 2.38. The van der Waals surface area contributed by atoms with E-state index in [0.29, 0.717) is 0 Å². The van der Waals surface area contributed by atoms with Crippen molar-refractivity contribution in [1.82, 2.24) is 0 Å². The maximum Gasteiger partial charge on any atom is -0.0323 e. The lowest BCUT2D eigenvalue weighted by molar-refractivity contribution is 0.389. The molecule has 0 heterocycles. The highest BCUT2D eigenvalue weighted by atomic mass is 14.1. The number of hydrogen-bond acceptors (Lipinski definition) is 0. The molecule has 0 aliphatic heterocycles. The first-order valence-electron chi connectivity index (χ1n) is 9.07. The van der Waals surface area contributed by atoms with Gasteiger partial charge in [0.1, 0.15) is 0 Å². The first kappa shape index (κ1) is 19.7. The SMILES string of the molecule is C/C=C(/C)CCCC(C)CCCC(C)CCCC(C)C. The van der Waals surface area contributed by atoms with Gasteiger partial charge in [-0.2, -0.15) is 0 Å². The molecule has 0 heteroatoms. The van der Waals surface area contributed by atoms with Gasteiger partial charge in [0, 0.05) is 0 Å². The first-order chi connectivity index (χ1) is 9.45. The molecular formula is C20H40. The van der Waals surface area contributed by atoms with Gasteiger partial charge in [-0.15, -0.1) is 0 Å². The Hall–Kier alpha value is -0.260. The van der Waals surface area contributed by atoms with Gasteiger partial charge in [0.05, 0.1) is 0 Å². The molecule has 20 heavy (non-hydrogen) atoms. The molecule has 0 N–H and O–H groups in total. The smallest absolute Gasteiger partial charge is 0.0323 e. The molecule has 120 valence electrons. The minimum Gasteiger partial charge on any atom is -0.0887 e. The van der Waals surface area contributed by atoms with E-state index >= 15 is 0 Å². The molecule has 0 amide bonds. The average molecular weight is 281 g/mol. The van der Waals surface area contributed by atoms with Gasteiger partial charge in [-0.25, -0.2) is 0 Å². The summed E-state index contributed by atoms with van der Waals surface area (Å²) in [5.74, 6) is 2.73. The van der Waals surface area contributed by atoms with Gasteiger partial charge in [0.25, 0.3) is 0 Å². The monoisotopic (exact) mass is 280 g/mol. The van der Waals surface area contributed by atoms with Gasteiger partial charge in [-0.05, 0) is 44.4 Å². The maximum absolute atomic E-state index is 2.44. The maximum atomic E-state index is 2.44. The summed E-state index contributed by atoms with van der Waals surface area (Å²) >= 11 is 0. The Bertz CT molecular complexity index is 236. The Kier molecular flexibility index (Phi) is 12.3. The largest absolute Gasteiger partial charge is 0.0887 e. The third-order valence-corrected chi connectivity index (χ3v) is 4.63. The van der Waals surface area contributed by atoms with Gasteiger partial charge in [0.2, 0.25) is 0 Å². The van der Waals surface area contributed by atoms with E-state index in [1.54, 1.807) is 5.57 Å². The molecule has 0 nitrogen and oxygen atoms in total. The topological polar surface area (TPSA) is 0 Å². The van der Waals surface area contributed by atoms with Crippen molar-refractivity contribution in [2.45, 2.75) is 99.3 Å². The molecule has 0 spiro atoms.